The lowest BCUT2D eigenvalue weighted by molar-refractivity contribution is -0.116. The van der Waals surface area contributed by atoms with Crippen LogP contribution in [0.15, 0.2) is 83.2 Å². The predicted molar refractivity (Wildman–Crippen MR) is 119 cm³/mol. The van der Waals surface area contributed by atoms with Crippen LogP contribution in [0.1, 0.15) is 6.92 Å². The molecular formula is C20H20F3N3O4S2. The fraction of sp³-hybridized carbons (Fsp3) is 0.200. The molecule has 1 aromatic rings. The third-order valence-electron chi connectivity index (χ3n) is 4.09. The Hall–Kier alpha value is -2.83. The molecule has 12 heteroatoms. The van der Waals surface area contributed by atoms with E-state index in [-0.39, 0.29) is 11.9 Å². The molecule has 1 unspecified atom stereocenters. The van der Waals surface area contributed by atoms with E-state index in [1.165, 1.54) is 0 Å². The third kappa shape index (κ3) is 6.84. The van der Waals surface area contributed by atoms with E-state index in [1.54, 1.807) is 23.8 Å². The monoisotopic (exact) mass is 487 g/mol. The zero-order chi connectivity index (χ0) is 23.9. The lowest BCUT2D eigenvalue weighted by atomic mass is 10.2. The number of amides is 1. The number of carbonyl (C=O) groups is 1. The first kappa shape index (κ1) is 25.4. The van der Waals surface area contributed by atoms with Gasteiger partial charge in [-0.25, -0.2) is 0 Å². The Morgan fingerprint density at radius 3 is 2.41 bits per heavy atom. The average Bonchev–Trinajstić information content (AvgIpc) is 3.00. The van der Waals surface area contributed by atoms with E-state index in [4.69, 9.17) is 13.0 Å². The van der Waals surface area contributed by atoms with Gasteiger partial charge in [-0.05, 0) is 41.8 Å². The van der Waals surface area contributed by atoms with E-state index >= 15 is 0 Å². The van der Waals surface area contributed by atoms with Crippen molar-refractivity contribution in [3.63, 3.8) is 0 Å². The summed E-state index contributed by atoms with van der Waals surface area (Å²) >= 11 is 1.63. The molecule has 0 fully saturated rings. The maximum atomic E-state index is 11.9. The molecule has 0 bridgehead atoms. The first-order valence-electron chi connectivity index (χ1n) is 8.97. The fourth-order valence-electron chi connectivity index (χ4n) is 2.55. The quantitative estimate of drug-likeness (QED) is 0.387. The number of halogens is 3. The zero-order valence-corrected chi connectivity index (χ0v) is 18.6. The molecule has 1 heterocycles. The molecule has 1 aliphatic carbocycles. The number of fused-ring (bicyclic) bond motifs is 1. The number of nitrogens with zero attached hydrogens (tertiary/aromatic N) is 3. The summed E-state index contributed by atoms with van der Waals surface area (Å²) in [5.74, 6) is -0.0240. The number of para-hydroxylation sites is 1. The van der Waals surface area contributed by atoms with Crippen LogP contribution in [0.2, 0.25) is 0 Å². The molecule has 1 aromatic carbocycles. The van der Waals surface area contributed by atoms with E-state index in [2.05, 4.69) is 21.4 Å². The number of rotatable bonds is 4. The minimum absolute atomic E-state index is 0.0240. The Balaban J connectivity index is 0.000000390. The van der Waals surface area contributed by atoms with Crippen LogP contribution in [-0.2, 0) is 14.9 Å². The molecule has 1 N–H and O–H groups in total. The van der Waals surface area contributed by atoms with E-state index in [9.17, 15) is 18.0 Å². The molecule has 7 nitrogen and oxygen atoms in total. The number of hydrogen-bond donors (Lipinski definition) is 1. The van der Waals surface area contributed by atoms with Crippen molar-refractivity contribution in [2.75, 3.05) is 11.2 Å². The van der Waals surface area contributed by atoms with E-state index < -0.39 is 15.6 Å². The highest BCUT2D eigenvalue weighted by Gasteiger charge is 2.44. The van der Waals surface area contributed by atoms with Crippen LogP contribution in [0.3, 0.4) is 0 Å². The first-order chi connectivity index (χ1) is 14.9. The molecule has 1 atom stereocenters. The highest BCUT2D eigenvalue weighted by molar-refractivity contribution is 7.96. The fourth-order valence-corrected chi connectivity index (χ4v) is 3.08. The lowest BCUT2D eigenvalue weighted by Gasteiger charge is -2.16. The summed E-state index contributed by atoms with van der Waals surface area (Å²) in [6.45, 7) is 1.56. The van der Waals surface area contributed by atoms with Crippen LogP contribution < -0.4 is 4.90 Å². The van der Waals surface area contributed by atoms with Gasteiger partial charge in [0.1, 0.15) is 12.4 Å². The van der Waals surface area contributed by atoms with Crippen LogP contribution in [0.25, 0.3) is 0 Å². The molecule has 1 amide bonds. The average molecular weight is 488 g/mol. The second-order valence-corrected chi connectivity index (χ2v) is 8.47. The molecule has 3 rings (SSSR count). The van der Waals surface area contributed by atoms with Crippen molar-refractivity contribution in [2.24, 2.45) is 4.99 Å². The Bertz CT molecular complexity index is 1080. The smallest absolute Gasteiger partial charge is 0.288 e. The standard InChI is InChI=1S/C19H19N3OS.CHF3O3S/c1-15(23)21(17-6-4-3-5-7-17)13-12-16-8-10-18-19(11-9-16)22(24-2)14-20-18;2-1(3,4)8(5,6)7/h3-14,18H,1-2H3;(H,5,6,7). The second kappa shape index (κ2) is 10.7. The molecule has 0 aromatic heterocycles. The van der Waals surface area contributed by atoms with Crippen molar-refractivity contribution >= 4 is 40.0 Å². The Labute approximate surface area is 188 Å². The number of aliphatic imine (C=N–C) groups is 1. The van der Waals surface area contributed by atoms with Gasteiger partial charge in [-0.3, -0.25) is 23.5 Å². The number of hydrogen-bond acceptors (Lipinski definition) is 6. The van der Waals surface area contributed by atoms with Crippen molar-refractivity contribution in [2.45, 2.75) is 18.5 Å². The summed E-state index contributed by atoms with van der Waals surface area (Å²) in [6, 6.07) is 9.68. The summed E-state index contributed by atoms with van der Waals surface area (Å²) in [5, 5.41) is 0. The Morgan fingerprint density at radius 2 is 1.88 bits per heavy atom. The molecule has 32 heavy (non-hydrogen) atoms. The maximum absolute atomic E-state index is 11.9. The van der Waals surface area contributed by atoms with Crippen LogP contribution in [0, 0.1) is 0 Å². The third-order valence-corrected chi connectivity index (χ3v) is 5.37. The second-order valence-electron chi connectivity index (χ2n) is 6.30. The van der Waals surface area contributed by atoms with Gasteiger partial charge in [0.25, 0.3) is 0 Å². The topological polar surface area (TPSA) is 90.3 Å². The molecule has 1 aliphatic heterocycles. The number of anilines is 1. The van der Waals surface area contributed by atoms with Crippen LogP contribution in [0.4, 0.5) is 18.9 Å². The summed E-state index contributed by atoms with van der Waals surface area (Å²) in [5.41, 5.74) is -2.51. The van der Waals surface area contributed by atoms with Gasteiger partial charge in [-0.15, -0.1) is 0 Å². The van der Waals surface area contributed by atoms with Crippen LogP contribution in [-0.4, -0.2) is 47.3 Å². The Morgan fingerprint density at radius 1 is 1.25 bits per heavy atom. The molecule has 172 valence electrons. The van der Waals surface area contributed by atoms with Gasteiger partial charge in [0.15, 0.2) is 0 Å². The van der Waals surface area contributed by atoms with E-state index in [1.807, 2.05) is 67.4 Å². The number of benzene rings is 1. The number of carbonyl (C=O) groups excluding carboxylic acids is 1. The highest BCUT2D eigenvalue weighted by Crippen LogP contribution is 2.27. The van der Waals surface area contributed by atoms with Crippen molar-refractivity contribution < 1.29 is 30.9 Å². The maximum Gasteiger partial charge on any atom is 0.522 e. The minimum Gasteiger partial charge on any atom is -0.288 e. The van der Waals surface area contributed by atoms with Gasteiger partial charge in [-0.1, -0.05) is 36.4 Å². The molecular weight excluding hydrogens is 467 g/mol. The highest BCUT2D eigenvalue weighted by atomic mass is 32.2. The molecule has 0 saturated carbocycles. The van der Waals surface area contributed by atoms with Crippen molar-refractivity contribution in [1.29, 1.82) is 0 Å². The number of alkyl halides is 3. The minimum atomic E-state index is -5.84. The Kier molecular flexibility index (Phi) is 8.47. The van der Waals surface area contributed by atoms with E-state index in [0.717, 1.165) is 17.0 Å². The first-order valence-corrected chi connectivity index (χ1v) is 11.6. The largest absolute Gasteiger partial charge is 0.522 e. The molecule has 2 aliphatic rings. The summed E-state index contributed by atoms with van der Waals surface area (Å²) in [7, 11) is -5.84. The van der Waals surface area contributed by atoms with Crippen LogP contribution in [0.5, 0.6) is 0 Å². The van der Waals surface area contributed by atoms with E-state index in [0.29, 0.717) is 0 Å². The molecule has 0 saturated heterocycles. The van der Waals surface area contributed by atoms with Crippen LogP contribution >= 0.6 is 11.9 Å². The van der Waals surface area contributed by atoms with Gasteiger partial charge < -0.3 is 0 Å². The summed E-state index contributed by atoms with van der Waals surface area (Å²) in [6.07, 6.45) is 15.9. The predicted octanol–water partition coefficient (Wildman–Crippen LogP) is 4.32. The van der Waals surface area contributed by atoms with Gasteiger partial charge in [0.2, 0.25) is 5.91 Å². The van der Waals surface area contributed by atoms with Crippen molar-refractivity contribution in [1.82, 2.24) is 4.31 Å². The van der Waals surface area contributed by atoms with Crippen molar-refractivity contribution in [3.8, 4) is 0 Å². The summed E-state index contributed by atoms with van der Waals surface area (Å²) < 4.78 is 59.6. The number of allylic oxidation sites excluding steroid dienone is 5. The van der Waals surface area contributed by atoms with Crippen molar-refractivity contribution in [3.05, 3.63) is 78.2 Å². The normalized spacial score (nSPS) is 17.8. The lowest BCUT2D eigenvalue weighted by Crippen LogP contribution is -2.21. The molecule has 0 radical (unpaired) electrons. The molecule has 0 spiro atoms. The van der Waals surface area contributed by atoms with Gasteiger partial charge in [0.05, 0.1) is 5.70 Å². The van der Waals surface area contributed by atoms with Gasteiger partial charge in [0, 0.05) is 25.1 Å². The van der Waals surface area contributed by atoms with Gasteiger partial charge >= 0.3 is 15.6 Å². The summed E-state index contributed by atoms with van der Waals surface area (Å²) in [4.78, 5) is 18.0. The SMILES string of the molecule is CSN1C=NC2C=CC(C=CN(C(C)=O)c3ccccc3)=CC=C21.O=S(=O)(O)C(F)(F)F. The zero-order valence-electron chi connectivity index (χ0n) is 17.0. The van der Waals surface area contributed by atoms with Gasteiger partial charge in [-0.2, -0.15) is 21.6 Å².